The molecule has 1 rings (SSSR count). The van der Waals surface area contributed by atoms with Crippen molar-refractivity contribution in [2.75, 3.05) is 7.11 Å². The molecule has 3 nitrogen and oxygen atoms in total. The normalized spacial score (nSPS) is 9.80. The summed E-state index contributed by atoms with van der Waals surface area (Å²) in [4.78, 5) is 1.18. The van der Waals surface area contributed by atoms with Crippen LogP contribution in [0.25, 0.3) is 0 Å². The second-order valence-corrected chi connectivity index (χ2v) is 2.83. The van der Waals surface area contributed by atoms with Gasteiger partial charge in [-0.3, -0.25) is 11.3 Å². The van der Waals surface area contributed by atoms with Crippen LogP contribution in [0.2, 0.25) is 0 Å². The van der Waals surface area contributed by atoms with Crippen LogP contribution >= 0.6 is 11.3 Å². The maximum absolute atomic E-state index is 5.13. The van der Waals surface area contributed by atoms with Gasteiger partial charge in [-0.1, -0.05) is 0 Å². The molecular weight excluding hydrogens is 148 g/mol. The Morgan fingerprint density at radius 3 is 3.10 bits per heavy atom. The standard InChI is InChI=1S/C6H10N2OS/c1-9-5-2-6(3-8-7)10-4-5/h2,4,8H,3,7H2,1H3. The van der Waals surface area contributed by atoms with E-state index in [0.717, 1.165) is 5.75 Å². The van der Waals surface area contributed by atoms with Gasteiger partial charge >= 0.3 is 0 Å². The number of rotatable bonds is 3. The third-order valence-corrected chi connectivity index (χ3v) is 2.06. The number of ether oxygens (including phenoxy) is 1. The zero-order valence-electron chi connectivity index (χ0n) is 5.76. The fourth-order valence-corrected chi connectivity index (χ4v) is 1.44. The van der Waals surface area contributed by atoms with Crippen LogP contribution in [0.3, 0.4) is 0 Å². The highest BCUT2D eigenvalue weighted by atomic mass is 32.1. The van der Waals surface area contributed by atoms with Gasteiger partial charge in [-0.2, -0.15) is 0 Å². The van der Waals surface area contributed by atoms with Crippen molar-refractivity contribution in [2.24, 2.45) is 5.84 Å². The van der Waals surface area contributed by atoms with Gasteiger partial charge in [0.05, 0.1) is 7.11 Å². The van der Waals surface area contributed by atoms with E-state index in [1.54, 1.807) is 18.4 Å². The number of methoxy groups -OCH3 is 1. The van der Waals surface area contributed by atoms with Crippen molar-refractivity contribution in [1.82, 2.24) is 5.43 Å². The summed E-state index contributed by atoms with van der Waals surface area (Å²) in [6.07, 6.45) is 0. The summed E-state index contributed by atoms with van der Waals surface area (Å²) in [6, 6.07) is 1.96. The molecule has 1 aromatic rings. The Kier molecular flexibility index (Phi) is 2.68. The van der Waals surface area contributed by atoms with E-state index in [9.17, 15) is 0 Å². The number of thiophene rings is 1. The first-order chi connectivity index (χ1) is 4.86. The van der Waals surface area contributed by atoms with Crippen molar-refractivity contribution in [1.29, 1.82) is 0 Å². The Morgan fingerprint density at radius 1 is 1.80 bits per heavy atom. The van der Waals surface area contributed by atoms with E-state index in [0.29, 0.717) is 6.54 Å². The summed E-state index contributed by atoms with van der Waals surface area (Å²) in [5.41, 5.74) is 2.58. The minimum atomic E-state index is 0.702. The van der Waals surface area contributed by atoms with E-state index in [-0.39, 0.29) is 0 Å². The van der Waals surface area contributed by atoms with Gasteiger partial charge < -0.3 is 4.74 Å². The Balaban J connectivity index is 2.59. The lowest BCUT2D eigenvalue weighted by Crippen LogP contribution is -2.19. The molecule has 0 amide bonds. The first kappa shape index (κ1) is 7.53. The minimum Gasteiger partial charge on any atom is -0.496 e. The van der Waals surface area contributed by atoms with Crippen molar-refractivity contribution >= 4 is 11.3 Å². The molecule has 0 fully saturated rings. The predicted octanol–water partition coefficient (Wildman–Crippen LogP) is 0.720. The summed E-state index contributed by atoms with van der Waals surface area (Å²) in [5, 5.41) is 1.95. The van der Waals surface area contributed by atoms with Gasteiger partial charge in [0, 0.05) is 16.8 Å². The molecule has 0 unspecified atom stereocenters. The number of hydrazine groups is 1. The zero-order valence-corrected chi connectivity index (χ0v) is 6.57. The lowest BCUT2D eigenvalue weighted by Gasteiger charge is -1.91. The molecule has 1 heterocycles. The van der Waals surface area contributed by atoms with Crippen LogP contribution in [0.15, 0.2) is 11.4 Å². The lowest BCUT2D eigenvalue weighted by atomic mass is 10.4. The molecule has 0 aromatic carbocycles. The zero-order chi connectivity index (χ0) is 7.40. The van der Waals surface area contributed by atoms with Crippen LogP contribution in [-0.4, -0.2) is 7.11 Å². The van der Waals surface area contributed by atoms with Crippen LogP contribution in [0.1, 0.15) is 4.88 Å². The summed E-state index contributed by atoms with van der Waals surface area (Å²) in [6.45, 7) is 0.702. The van der Waals surface area contributed by atoms with Crippen LogP contribution in [0, 0.1) is 0 Å². The van der Waals surface area contributed by atoms with Crippen molar-refractivity contribution in [2.45, 2.75) is 6.54 Å². The number of hydrogen-bond donors (Lipinski definition) is 2. The van der Waals surface area contributed by atoms with Gasteiger partial charge in [-0.15, -0.1) is 11.3 Å². The topological polar surface area (TPSA) is 47.3 Å². The monoisotopic (exact) mass is 158 g/mol. The molecule has 3 N–H and O–H groups in total. The Labute approximate surface area is 63.8 Å². The van der Waals surface area contributed by atoms with Gasteiger partial charge in [0.25, 0.3) is 0 Å². The highest BCUT2D eigenvalue weighted by Crippen LogP contribution is 2.20. The maximum Gasteiger partial charge on any atom is 0.129 e. The average molecular weight is 158 g/mol. The summed E-state index contributed by atoms with van der Waals surface area (Å²) < 4.78 is 4.98. The predicted molar refractivity (Wildman–Crippen MR) is 41.9 cm³/mol. The summed E-state index contributed by atoms with van der Waals surface area (Å²) >= 11 is 1.63. The van der Waals surface area contributed by atoms with E-state index in [1.807, 2.05) is 11.4 Å². The van der Waals surface area contributed by atoms with E-state index in [2.05, 4.69) is 5.43 Å². The molecule has 0 saturated carbocycles. The summed E-state index contributed by atoms with van der Waals surface area (Å²) in [7, 11) is 1.65. The molecule has 1 aromatic heterocycles. The van der Waals surface area contributed by atoms with Crippen molar-refractivity contribution in [3.8, 4) is 5.75 Å². The minimum absolute atomic E-state index is 0.702. The highest BCUT2D eigenvalue weighted by Gasteiger charge is 1.96. The van der Waals surface area contributed by atoms with Crippen molar-refractivity contribution in [3.05, 3.63) is 16.3 Å². The molecule has 0 aliphatic rings. The first-order valence-electron chi connectivity index (χ1n) is 2.91. The van der Waals surface area contributed by atoms with Crippen LogP contribution < -0.4 is 16.0 Å². The van der Waals surface area contributed by atoms with E-state index in [4.69, 9.17) is 10.6 Å². The molecule has 0 aliphatic carbocycles. The van der Waals surface area contributed by atoms with Gasteiger partial charge in [0.1, 0.15) is 5.75 Å². The van der Waals surface area contributed by atoms with E-state index >= 15 is 0 Å². The van der Waals surface area contributed by atoms with Crippen LogP contribution in [-0.2, 0) is 6.54 Å². The first-order valence-corrected chi connectivity index (χ1v) is 3.79. The molecule has 0 aliphatic heterocycles. The lowest BCUT2D eigenvalue weighted by molar-refractivity contribution is 0.416. The van der Waals surface area contributed by atoms with E-state index < -0.39 is 0 Å². The largest absolute Gasteiger partial charge is 0.496 e. The summed E-state index contributed by atoms with van der Waals surface area (Å²) in [5.74, 6) is 6.03. The van der Waals surface area contributed by atoms with Gasteiger partial charge in [-0.05, 0) is 6.07 Å². The third kappa shape index (κ3) is 1.70. The van der Waals surface area contributed by atoms with Gasteiger partial charge in [-0.25, -0.2) is 0 Å². The SMILES string of the molecule is COc1csc(CNN)c1. The second-order valence-electron chi connectivity index (χ2n) is 1.83. The third-order valence-electron chi connectivity index (χ3n) is 1.14. The maximum atomic E-state index is 5.13. The molecule has 0 atom stereocenters. The molecule has 0 radical (unpaired) electrons. The molecule has 0 bridgehead atoms. The Hall–Kier alpha value is -0.580. The molecule has 0 spiro atoms. The average Bonchev–Trinajstić information content (AvgIpc) is 2.37. The Bertz CT molecular complexity index is 199. The highest BCUT2D eigenvalue weighted by molar-refractivity contribution is 7.10. The van der Waals surface area contributed by atoms with Crippen LogP contribution in [0.4, 0.5) is 0 Å². The molecular formula is C6H10N2OS. The molecule has 10 heavy (non-hydrogen) atoms. The van der Waals surface area contributed by atoms with Crippen LogP contribution in [0.5, 0.6) is 5.75 Å². The fourth-order valence-electron chi connectivity index (χ4n) is 0.661. The van der Waals surface area contributed by atoms with Gasteiger partial charge in [0.15, 0.2) is 0 Å². The molecule has 56 valence electrons. The smallest absolute Gasteiger partial charge is 0.129 e. The number of nitrogens with one attached hydrogen (secondary N) is 1. The van der Waals surface area contributed by atoms with E-state index in [1.165, 1.54) is 4.88 Å². The van der Waals surface area contributed by atoms with Crippen molar-refractivity contribution < 1.29 is 4.74 Å². The fraction of sp³-hybridized carbons (Fsp3) is 0.333. The Morgan fingerprint density at radius 2 is 2.60 bits per heavy atom. The van der Waals surface area contributed by atoms with Crippen molar-refractivity contribution in [3.63, 3.8) is 0 Å². The number of nitrogens with two attached hydrogens (primary N) is 1. The molecule has 4 heteroatoms. The van der Waals surface area contributed by atoms with Gasteiger partial charge in [0.2, 0.25) is 0 Å². The number of hydrogen-bond acceptors (Lipinski definition) is 4. The second kappa shape index (κ2) is 3.55. The quantitative estimate of drug-likeness (QED) is 0.503. The molecule has 0 saturated heterocycles.